The lowest BCUT2D eigenvalue weighted by Crippen LogP contribution is -2.31. The van der Waals surface area contributed by atoms with Gasteiger partial charge in [-0.25, -0.2) is 9.18 Å². The summed E-state index contributed by atoms with van der Waals surface area (Å²) in [5.41, 5.74) is 5.27. The molecule has 1 aliphatic carbocycles. The van der Waals surface area contributed by atoms with Crippen LogP contribution in [0.3, 0.4) is 0 Å². The predicted octanol–water partition coefficient (Wildman–Crippen LogP) is 4.44. The summed E-state index contributed by atoms with van der Waals surface area (Å²) in [5.74, 6) is -0.779. The van der Waals surface area contributed by atoms with E-state index in [1.807, 2.05) is 24.3 Å². The van der Waals surface area contributed by atoms with E-state index in [4.69, 9.17) is 4.74 Å². The third-order valence-corrected chi connectivity index (χ3v) is 5.38. The van der Waals surface area contributed by atoms with Crippen LogP contribution < -0.4 is 5.32 Å². The fourth-order valence-corrected chi connectivity index (χ4v) is 3.90. The van der Waals surface area contributed by atoms with Gasteiger partial charge in [-0.2, -0.15) is 0 Å². The fourth-order valence-electron chi connectivity index (χ4n) is 3.90. The first kappa shape index (κ1) is 19.2. The van der Waals surface area contributed by atoms with E-state index in [0.29, 0.717) is 5.56 Å². The van der Waals surface area contributed by atoms with Gasteiger partial charge in [-0.15, -0.1) is 0 Å². The van der Waals surface area contributed by atoms with Gasteiger partial charge in [-0.3, -0.25) is 0 Å². The van der Waals surface area contributed by atoms with Crippen molar-refractivity contribution in [3.8, 4) is 11.1 Å². The van der Waals surface area contributed by atoms with Crippen LogP contribution in [0.25, 0.3) is 11.1 Å². The monoisotopic (exact) mass is 391 g/mol. The number of rotatable bonds is 6. The Morgan fingerprint density at radius 3 is 2.28 bits per heavy atom. The standard InChI is InChI=1S/C24H22FNO3/c25-18-7-5-6-16(12-18)17(14-27)13-26-24(28)29-15-23-21-10-3-1-8-19(21)20-9-2-4-11-22(20)23/h1-12,17,23,27H,13-15H2,(H,26,28). The second-order valence-electron chi connectivity index (χ2n) is 7.14. The molecule has 0 fully saturated rings. The number of fused-ring (bicyclic) bond motifs is 3. The SMILES string of the molecule is O=C(NCC(CO)c1cccc(F)c1)OCC1c2ccccc2-c2ccccc21. The number of hydrogen-bond acceptors (Lipinski definition) is 3. The summed E-state index contributed by atoms with van der Waals surface area (Å²) >= 11 is 0. The molecule has 29 heavy (non-hydrogen) atoms. The van der Waals surface area contributed by atoms with E-state index >= 15 is 0 Å². The van der Waals surface area contributed by atoms with Gasteiger partial charge in [-0.05, 0) is 39.9 Å². The molecule has 0 bridgehead atoms. The second kappa shape index (κ2) is 8.45. The molecule has 1 amide bonds. The van der Waals surface area contributed by atoms with E-state index in [1.54, 1.807) is 12.1 Å². The molecule has 0 saturated heterocycles. The van der Waals surface area contributed by atoms with Gasteiger partial charge in [0.15, 0.2) is 0 Å². The minimum absolute atomic E-state index is 0.00925. The third-order valence-electron chi connectivity index (χ3n) is 5.38. The van der Waals surface area contributed by atoms with Crippen molar-refractivity contribution in [1.29, 1.82) is 0 Å². The zero-order valence-corrected chi connectivity index (χ0v) is 15.8. The number of alkyl carbamates (subject to hydrolysis) is 1. The highest BCUT2D eigenvalue weighted by Gasteiger charge is 2.29. The number of halogens is 1. The lowest BCUT2D eigenvalue weighted by atomic mass is 9.98. The van der Waals surface area contributed by atoms with Gasteiger partial charge < -0.3 is 15.2 Å². The maximum absolute atomic E-state index is 13.4. The first-order chi connectivity index (χ1) is 14.2. The number of hydrogen-bond donors (Lipinski definition) is 2. The van der Waals surface area contributed by atoms with Crippen LogP contribution in [0.2, 0.25) is 0 Å². The van der Waals surface area contributed by atoms with Gasteiger partial charge in [-0.1, -0.05) is 60.7 Å². The van der Waals surface area contributed by atoms with Crippen LogP contribution >= 0.6 is 0 Å². The number of carbonyl (C=O) groups is 1. The molecular formula is C24H22FNO3. The number of aliphatic hydroxyl groups is 1. The molecule has 0 aliphatic heterocycles. The van der Waals surface area contributed by atoms with Gasteiger partial charge in [0.1, 0.15) is 12.4 Å². The number of amides is 1. The van der Waals surface area contributed by atoms with Gasteiger partial charge in [0.05, 0.1) is 6.61 Å². The summed E-state index contributed by atoms with van der Waals surface area (Å²) < 4.78 is 18.9. The number of aliphatic hydroxyl groups excluding tert-OH is 1. The van der Waals surface area contributed by atoms with Crippen LogP contribution in [0.15, 0.2) is 72.8 Å². The molecule has 1 atom stereocenters. The normalized spacial score (nSPS) is 13.4. The molecule has 3 aromatic rings. The van der Waals surface area contributed by atoms with Crippen molar-refractivity contribution in [3.63, 3.8) is 0 Å². The average molecular weight is 391 g/mol. The van der Waals surface area contributed by atoms with Crippen molar-refractivity contribution in [2.75, 3.05) is 19.8 Å². The molecule has 2 N–H and O–H groups in total. The molecule has 148 valence electrons. The van der Waals surface area contributed by atoms with Gasteiger partial charge >= 0.3 is 6.09 Å². The third kappa shape index (κ3) is 4.00. The second-order valence-corrected chi connectivity index (χ2v) is 7.14. The van der Waals surface area contributed by atoms with Gasteiger partial charge in [0.25, 0.3) is 0 Å². The Morgan fingerprint density at radius 1 is 1.00 bits per heavy atom. The average Bonchev–Trinajstić information content (AvgIpc) is 3.07. The molecule has 5 heteroatoms. The molecule has 3 aromatic carbocycles. The lowest BCUT2D eigenvalue weighted by Gasteiger charge is -2.17. The summed E-state index contributed by atoms with van der Waals surface area (Å²) in [6, 6.07) is 22.3. The maximum atomic E-state index is 13.4. The van der Waals surface area contributed by atoms with E-state index in [9.17, 15) is 14.3 Å². The van der Waals surface area contributed by atoms with E-state index in [1.165, 1.54) is 23.3 Å². The largest absolute Gasteiger partial charge is 0.449 e. The summed E-state index contributed by atoms with van der Waals surface area (Å²) in [4.78, 5) is 12.3. The minimum atomic E-state index is -0.554. The number of ether oxygens (including phenoxy) is 1. The van der Waals surface area contributed by atoms with Crippen molar-refractivity contribution < 1.29 is 19.0 Å². The molecule has 1 aliphatic rings. The van der Waals surface area contributed by atoms with Crippen molar-refractivity contribution >= 4 is 6.09 Å². The van der Waals surface area contributed by atoms with Gasteiger partial charge in [0, 0.05) is 18.4 Å². The molecule has 0 aromatic heterocycles. The van der Waals surface area contributed by atoms with Crippen LogP contribution in [-0.2, 0) is 4.74 Å². The van der Waals surface area contributed by atoms with E-state index < -0.39 is 12.0 Å². The number of benzene rings is 3. The minimum Gasteiger partial charge on any atom is -0.449 e. The first-order valence-electron chi connectivity index (χ1n) is 9.62. The Bertz CT molecular complexity index is 975. The summed E-state index contributed by atoms with van der Waals surface area (Å²) in [6.07, 6.45) is -0.554. The van der Waals surface area contributed by atoms with Crippen LogP contribution in [0.5, 0.6) is 0 Å². The van der Waals surface area contributed by atoms with Crippen molar-refractivity contribution in [1.82, 2.24) is 5.32 Å². The summed E-state index contributed by atoms with van der Waals surface area (Å²) in [6.45, 7) is 0.188. The molecule has 0 heterocycles. The Morgan fingerprint density at radius 2 is 1.66 bits per heavy atom. The molecule has 0 spiro atoms. The molecule has 0 radical (unpaired) electrons. The number of carbonyl (C=O) groups excluding carboxylic acids is 1. The van der Waals surface area contributed by atoms with E-state index in [-0.39, 0.29) is 31.5 Å². The fraction of sp³-hybridized carbons (Fsp3) is 0.208. The highest BCUT2D eigenvalue weighted by molar-refractivity contribution is 5.79. The summed E-state index contributed by atoms with van der Waals surface area (Å²) in [5, 5.41) is 12.3. The highest BCUT2D eigenvalue weighted by Crippen LogP contribution is 2.44. The highest BCUT2D eigenvalue weighted by atomic mass is 19.1. The van der Waals surface area contributed by atoms with Crippen LogP contribution in [0, 0.1) is 5.82 Å². The molecule has 4 rings (SSSR count). The predicted molar refractivity (Wildman–Crippen MR) is 109 cm³/mol. The van der Waals surface area contributed by atoms with Crippen LogP contribution in [-0.4, -0.2) is 31.0 Å². The zero-order chi connectivity index (χ0) is 20.2. The van der Waals surface area contributed by atoms with Gasteiger partial charge in [0.2, 0.25) is 0 Å². The van der Waals surface area contributed by atoms with Crippen molar-refractivity contribution in [3.05, 3.63) is 95.3 Å². The lowest BCUT2D eigenvalue weighted by molar-refractivity contribution is 0.141. The van der Waals surface area contributed by atoms with E-state index in [2.05, 4.69) is 29.6 Å². The quantitative estimate of drug-likeness (QED) is 0.653. The Labute approximate surface area is 169 Å². The zero-order valence-electron chi connectivity index (χ0n) is 15.8. The number of nitrogens with one attached hydrogen (secondary N) is 1. The van der Waals surface area contributed by atoms with Crippen LogP contribution in [0.4, 0.5) is 9.18 Å². The Kier molecular flexibility index (Phi) is 5.58. The van der Waals surface area contributed by atoms with Crippen molar-refractivity contribution in [2.24, 2.45) is 0 Å². The molecule has 1 unspecified atom stereocenters. The molecular weight excluding hydrogens is 369 g/mol. The smallest absolute Gasteiger partial charge is 0.407 e. The van der Waals surface area contributed by atoms with Crippen molar-refractivity contribution in [2.45, 2.75) is 11.8 Å². The molecule has 0 saturated carbocycles. The summed E-state index contributed by atoms with van der Waals surface area (Å²) in [7, 11) is 0. The first-order valence-corrected chi connectivity index (χ1v) is 9.62. The maximum Gasteiger partial charge on any atom is 0.407 e. The topological polar surface area (TPSA) is 58.6 Å². The Balaban J connectivity index is 1.39. The van der Waals surface area contributed by atoms with Crippen LogP contribution in [0.1, 0.15) is 28.5 Å². The van der Waals surface area contributed by atoms with E-state index in [0.717, 1.165) is 11.1 Å². The molecule has 4 nitrogen and oxygen atoms in total. The Hall–Kier alpha value is -3.18.